The Morgan fingerprint density at radius 2 is 1.65 bits per heavy atom. The lowest BCUT2D eigenvalue weighted by atomic mass is 9.87. The number of benzene rings is 3. The molecule has 37 heavy (non-hydrogen) atoms. The second kappa shape index (κ2) is 9.25. The standard InChI is InChI=1S/C27H24BrF4NO3S/c1-15-10-19(22(29)13-21(15)28)25-20-12-17(27(30,31)32)8-9-23(20)33(24(25)14-34)37(35,36)18-7-5-6-16(11-18)26(2,3)4/h5-13,34H,14H2,1-4H3. The van der Waals surface area contributed by atoms with Gasteiger partial charge in [0.25, 0.3) is 10.0 Å². The summed E-state index contributed by atoms with van der Waals surface area (Å²) in [4.78, 5) is -0.106. The van der Waals surface area contributed by atoms with Crippen LogP contribution in [0.15, 0.2) is 64.0 Å². The third kappa shape index (κ3) is 4.82. The van der Waals surface area contributed by atoms with Crippen molar-refractivity contribution in [3.63, 3.8) is 0 Å². The van der Waals surface area contributed by atoms with Gasteiger partial charge in [-0.3, -0.25) is 0 Å². The van der Waals surface area contributed by atoms with Gasteiger partial charge in [-0.15, -0.1) is 0 Å². The van der Waals surface area contributed by atoms with E-state index >= 15 is 4.39 Å². The number of aliphatic hydroxyl groups is 1. The van der Waals surface area contributed by atoms with Crippen LogP contribution in [0.3, 0.4) is 0 Å². The largest absolute Gasteiger partial charge is 0.416 e. The van der Waals surface area contributed by atoms with Crippen molar-refractivity contribution in [3.05, 3.63) is 87.3 Å². The van der Waals surface area contributed by atoms with E-state index in [1.807, 2.05) is 20.8 Å². The van der Waals surface area contributed by atoms with E-state index in [-0.39, 0.29) is 38.0 Å². The van der Waals surface area contributed by atoms with Gasteiger partial charge in [0.15, 0.2) is 0 Å². The van der Waals surface area contributed by atoms with E-state index in [0.717, 1.165) is 33.8 Å². The molecule has 0 spiro atoms. The van der Waals surface area contributed by atoms with Crippen molar-refractivity contribution in [1.29, 1.82) is 0 Å². The summed E-state index contributed by atoms with van der Waals surface area (Å²) in [7, 11) is -4.41. The summed E-state index contributed by atoms with van der Waals surface area (Å²) in [5.74, 6) is -0.782. The Morgan fingerprint density at radius 1 is 0.973 bits per heavy atom. The van der Waals surface area contributed by atoms with Crippen LogP contribution >= 0.6 is 15.9 Å². The molecule has 1 aromatic heterocycles. The number of halogens is 5. The number of aromatic nitrogens is 1. The first kappa shape index (κ1) is 27.3. The first-order valence-corrected chi connectivity index (χ1v) is 13.5. The van der Waals surface area contributed by atoms with E-state index in [1.165, 1.54) is 18.2 Å². The van der Waals surface area contributed by atoms with Crippen LogP contribution in [-0.4, -0.2) is 17.5 Å². The first-order valence-electron chi connectivity index (χ1n) is 11.2. The van der Waals surface area contributed by atoms with Crippen molar-refractivity contribution in [2.45, 2.75) is 50.8 Å². The molecule has 4 nitrogen and oxygen atoms in total. The minimum atomic E-state index is -4.72. The van der Waals surface area contributed by atoms with E-state index in [2.05, 4.69) is 15.9 Å². The number of nitrogens with zero attached hydrogens (tertiary/aromatic N) is 1. The van der Waals surface area contributed by atoms with E-state index in [0.29, 0.717) is 10.0 Å². The van der Waals surface area contributed by atoms with Crippen LogP contribution in [-0.2, 0) is 28.2 Å². The summed E-state index contributed by atoms with van der Waals surface area (Å²) in [5, 5.41) is 10.2. The van der Waals surface area contributed by atoms with Gasteiger partial charge in [0.05, 0.1) is 28.3 Å². The van der Waals surface area contributed by atoms with Crippen LogP contribution in [0.25, 0.3) is 22.0 Å². The topological polar surface area (TPSA) is 59.3 Å². The van der Waals surface area contributed by atoms with E-state index < -0.39 is 34.2 Å². The number of aliphatic hydroxyl groups excluding tert-OH is 1. The molecule has 0 fully saturated rings. The second-order valence-electron chi connectivity index (χ2n) is 9.84. The van der Waals surface area contributed by atoms with Gasteiger partial charge in [0.2, 0.25) is 0 Å². The summed E-state index contributed by atoms with van der Waals surface area (Å²) < 4.78 is 85.3. The highest BCUT2D eigenvalue weighted by Gasteiger charge is 2.34. The van der Waals surface area contributed by atoms with Gasteiger partial charge in [-0.2, -0.15) is 13.2 Å². The zero-order valence-corrected chi connectivity index (χ0v) is 22.8. The van der Waals surface area contributed by atoms with Crippen molar-refractivity contribution in [2.24, 2.45) is 0 Å². The van der Waals surface area contributed by atoms with Crippen LogP contribution < -0.4 is 0 Å². The molecular formula is C27H24BrF4NO3S. The van der Waals surface area contributed by atoms with Crippen LogP contribution in [0.5, 0.6) is 0 Å². The molecule has 0 saturated carbocycles. The fraction of sp³-hybridized carbons (Fsp3) is 0.259. The minimum absolute atomic E-state index is 0.104. The normalized spacial score (nSPS) is 12.9. The van der Waals surface area contributed by atoms with Gasteiger partial charge in [0.1, 0.15) is 5.82 Å². The fourth-order valence-electron chi connectivity index (χ4n) is 4.29. The predicted octanol–water partition coefficient (Wildman–Crippen LogP) is 7.56. The number of alkyl halides is 3. The molecule has 0 bridgehead atoms. The number of hydrogen-bond acceptors (Lipinski definition) is 3. The third-order valence-electron chi connectivity index (χ3n) is 6.25. The minimum Gasteiger partial charge on any atom is -0.390 e. The predicted molar refractivity (Wildman–Crippen MR) is 138 cm³/mol. The third-order valence-corrected chi connectivity index (χ3v) is 8.85. The van der Waals surface area contributed by atoms with Crippen molar-refractivity contribution in [3.8, 4) is 11.1 Å². The average molecular weight is 598 g/mol. The van der Waals surface area contributed by atoms with Gasteiger partial charge in [-0.25, -0.2) is 16.8 Å². The number of hydrogen-bond donors (Lipinski definition) is 1. The van der Waals surface area contributed by atoms with E-state index in [9.17, 15) is 26.7 Å². The highest BCUT2D eigenvalue weighted by molar-refractivity contribution is 9.10. The molecule has 4 aromatic rings. The Balaban J connectivity index is 2.15. The lowest BCUT2D eigenvalue weighted by Crippen LogP contribution is -2.18. The van der Waals surface area contributed by atoms with E-state index in [1.54, 1.807) is 19.1 Å². The smallest absolute Gasteiger partial charge is 0.390 e. The summed E-state index contributed by atoms with van der Waals surface area (Å²) in [6.45, 7) is 6.55. The van der Waals surface area contributed by atoms with Gasteiger partial charge < -0.3 is 5.11 Å². The molecule has 10 heteroatoms. The summed E-state index contributed by atoms with van der Waals surface area (Å²) in [6, 6.07) is 11.4. The Kier molecular flexibility index (Phi) is 6.84. The van der Waals surface area contributed by atoms with Crippen molar-refractivity contribution < 1.29 is 31.1 Å². The Hall–Kier alpha value is -2.69. The Labute approximate surface area is 220 Å². The van der Waals surface area contributed by atoms with Crippen molar-refractivity contribution in [1.82, 2.24) is 3.97 Å². The van der Waals surface area contributed by atoms with Crippen LogP contribution in [0.4, 0.5) is 17.6 Å². The molecule has 4 rings (SSSR count). The SMILES string of the molecule is Cc1cc(-c2c(CO)n(S(=O)(=O)c3cccc(C(C)(C)C)c3)c3ccc(C(F)(F)F)cc23)c(F)cc1Br. The summed E-state index contributed by atoms with van der Waals surface area (Å²) in [6.07, 6.45) is -4.72. The summed E-state index contributed by atoms with van der Waals surface area (Å²) in [5.41, 5.74) is -0.680. The number of rotatable bonds is 4. The maximum atomic E-state index is 15.2. The number of aryl methyl sites for hydroxylation is 1. The monoisotopic (exact) mass is 597 g/mol. The molecule has 0 atom stereocenters. The lowest BCUT2D eigenvalue weighted by molar-refractivity contribution is -0.137. The van der Waals surface area contributed by atoms with E-state index in [4.69, 9.17) is 0 Å². The first-order chi connectivity index (χ1) is 17.1. The molecule has 0 amide bonds. The number of fused-ring (bicyclic) bond motifs is 1. The molecule has 0 aliphatic carbocycles. The molecule has 0 unspecified atom stereocenters. The van der Waals surface area contributed by atoms with Crippen LogP contribution in [0, 0.1) is 12.7 Å². The molecule has 1 heterocycles. The average Bonchev–Trinajstić information content (AvgIpc) is 3.14. The van der Waals surface area contributed by atoms with Gasteiger partial charge >= 0.3 is 6.18 Å². The van der Waals surface area contributed by atoms with Gasteiger partial charge in [-0.05, 0) is 65.9 Å². The Morgan fingerprint density at radius 3 is 2.24 bits per heavy atom. The molecule has 3 aromatic carbocycles. The maximum Gasteiger partial charge on any atom is 0.416 e. The highest BCUT2D eigenvalue weighted by Crippen LogP contribution is 2.42. The zero-order valence-electron chi connectivity index (χ0n) is 20.4. The second-order valence-corrected chi connectivity index (χ2v) is 12.5. The lowest BCUT2D eigenvalue weighted by Gasteiger charge is -2.20. The molecule has 196 valence electrons. The zero-order chi connectivity index (χ0) is 27.5. The van der Waals surface area contributed by atoms with Crippen molar-refractivity contribution in [2.75, 3.05) is 0 Å². The van der Waals surface area contributed by atoms with Crippen LogP contribution in [0.1, 0.15) is 43.2 Å². The molecule has 0 aliphatic heterocycles. The maximum absolute atomic E-state index is 15.2. The van der Waals surface area contributed by atoms with Crippen LogP contribution in [0.2, 0.25) is 0 Å². The van der Waals surface area contributed by atoms with Crippen molar-refractivity contribution >= 4 is 36.9 Å². The molecule has 0 aliphatic rings. The quantitative estimate of drug-likeness (QED) is 0.247. The molecular weight excluding hydrogens is 574 g/mol. The molecule has 0 radical (unpaired) electrons. The summed E-state index contributed by atoms with van der Waals surface area (Å²) >= 11 is 3.23. The van der Waals surface area contributed by atoms with Gasteiger partial charge in [-0.1, -0.05) is 48.8 Å². The fourth-order valence-corrected chi connectivity index (χ4v) is 6.20. The molecule has 0 saturated heterocycles. The highest BCUT2D eigenvalue weighted by atomic mass is 79.9. The van der Waals surface area contributed by atoms with Gasteiger partial charge in [0, 0.05) is 21.0 Å². The molecule has 1 N–H and O–H groups in total. The Bertz CT molecular complexity index is 1630.